The predicted molar refractivity (Wildman–Crippen MR) is 141 cm³/mol. The second kappa shape index (κ2) is 10.4. The molecule has 3 aromatic heterocycles. The number of aryl methyl sites for hydroxylation is 1. The molecule has 0 unspecified atom stereocenters. The number of hydrogen-bond donors (Lipinski definition) is 1. The summed E-state index contributed by atoms with van der Waals surface area (Å²) in [6.07, 6.45) is 8.76. The van der Waals surface area contributed by atoms with E-state index in [0.717, 1.165) is 75.3 Å². The highest BCUT2D eigenvalue weighted by Crippen LogP contribution is 2.31. The van der Waals surface area contributed by atoms with Gasteiger partial charge in [0.05, 0.1) is 17.3 Å². The van der Waals surface area contributed by atoms with Crippen molar-refractivity contribution in [3.8, 4) is 0 Å². The molecule has 0 spiro atoms. The molecule has 10 heteroatoms. The fourth-order valence-corrected chi connectivity index (χ4v) is 5.42. The summed E-state index contributed by atoms with van der Waals surface area (Å²) in [5.74, 6) is -1.16. The molecule has 1 N–H and O–H groups in total. The Morgan fingerprint density at radius 2 is 1.79 bits per heavy atom. The van der Waals surface area contributed by atoms with Gasteiger partial charge < -0.3 is 14.8 Å². The zero-order chi connectivity index (χ0) is 26.1. The quantitative estimate of drug-likeness (QED) is 0.416. The zero-order valence-electron chi connectivity index (χ0n) is 21.0. The summed E-state index contributed by atoms with van der Waals surface area (Å²) in [5.41, 5.74) is 4.72. The molecule has 6 rings (SSSR count). The van der Waals surface area contributed by atoms with Crippen LogP contribution >= 0.6 is 0 Å². The Hall–Kier alpha value is -3.92. The smallest absolute Gasteiger partial charge is 0.259 e. The molecule has 2 aliphatic heterocycles. The van der Waals surface area contributed by atoms with Gasteiger partial charge in [-0.25, -0.2) is 18.7 Å². The van der Waals surface area contributed by atoms with E-state index in [-0.39, 0.29) is 5.91 Å². The van der Waals surface area contributed by atoms with Crippen LogP contribution in [0, 0.1) is 11.6 Å². The summed E-state index contributed by atoms with van der Waals surface area (Å²) in [4.78, 5) is 31.5. The third-order valence-corrected chi connectivity index (χ3v) is 7.47. The molecule has 5 heterocycles. The first-order chi connectivity index (χ1) is 18.6. The first-order valence-electron chi connectivity index (χ1n) is 13.1. The van der Waals surface area contributed by atoms with Gasteiger partial charge >= 0.3 is 0 Å². The average molecular weight is 518 g/mol. The van der Waals surface area contributed by atoms with Gasteiger partial charge in [0.15, 0.2) is 11.6 Å². The highest BCUT2D eigenvalue weighted by molar-refractivity contribution is 6.13. The Bertz CT molecular complexity index is 1470. The largest absolute Gasteiger partial charge is 0.341 e. The zero-order valence-corrected chi connectivity index (χ0v) is 21.0. The first-order valence-corrected chi connectivity index (χ1v) is 13.1. The Morgan fingerprint density at radius 1 is 0.974 bits per heavy atom. The van der Waals surface area contributed by atoms with Gasteiger partial charge in [-0.15, -0.1) is 0 Å². The van der Waals surface area contributed by atoms with Crippen LogP contribution in [0.3, 0.4) is 0 Å². The van der Waals surface area contributed by atoms with Crippen molar-refractivity contribution in [1.29, 1.82) is 0 Å². The van der Waals surface area contributed by atoms with Crippen molar-refractivity contribution in [1.82, 2.24) is 24.4 Å². The number of amides is 1. The molecule has 0 saturated carbocycles. The van der Waals surface area contributed by atoms with Crippen molar-refractivity contribution >= 4 is 28.6 Å². The second-order valence-electron chi connectivity index (χ2n) is 9.85. The van der Waals surface area contributed by atoms with Gasteiger partial charge in [-0.1, -0.05) is 6.07 Å². The number of halogens is 2. The lowest BCUT2D eigenvalue weighted by atomic mass is 10.1. The fraction of sp³-hybridized carbons (Fsp3) is 0.357. The summed E-state index contributed by atoms with van der Waals surface area (Å²) in [7, 11) is 0. The van der Waals surface area contributed by atoms with Crippen LogP contribution in [0.1, 0.15) is 34.5 Å². The van der Waals surface area contributed by atoms with Crippen molar-refractivity contribution in [3.05, 3.63) is 77.4 Å². The first kappa shape index (κ1) is 24.4. The van der Waals surface area contributed by atoms with Crippen molar-refractivity contribution in [3.63, 3.8) is 0 Å². The lowest BCUT2D eigenvalue weighted by Crippen LogP contribution is -2.47. The highest BCUT2D eigenvalue weighted by atomic mass is 19.2. The van der Waals surface area contributed by atoms with E-state index in [0.29, 0.717) is 29.1 Å². The van der Waals surface area contributed by atoms with Gasteiger partial charge in [-0.05, 0) is 55.5 Å². The number of benzene rings is 1. The second-order valence-corrected chi connectivity index (χ2v) is 9.85. The Kier molecular flexibility index (Phi) is 6.71. The van der Waals surface area contributed by atoms with E-state index < -0.39 is 11.6 Å². The van der Waals surface area contributed by atoms with Crippen LogP contribution in [0.4, 0.5) is 20.4 Å². The molecule has 1 amide bonds. The molecular weight excluding hydrogens is 488 g/mol. The standard InChI is InChI=1S/C28H29F2N7O/c29-21-5-4-19(17-22(21)30)8-12-35-13-15-36(16-14-35)28-32-18-24-26(34-28)25(23-3-1-2-11-37(23)24)27(38)33-20-6-9-31-10-7-20/h4-7,9-10,17-18H,1-3,8,11-16H2,(H,31,33,38). The van der Waals surface area contributed by atoms with Gasteiger partial charge in [0.1, 0.15) is 5.52 Å². The normalized spacial score (nSPS) is 16.0. The van der Waals surface area contributed by atoms with Crippen LogP contribution in [0.5, 0.6) is 0 Å². The van der Waals surface area contributed by atoms with Crippen LogP contribution < -0.4 is 10.2 Å². The number of fused-ring (bicyclic) bond motifs is 3. The van der Waals surface area contributed by atoms with Gasteiger partial charge in [0.25, 0.3) is 5.91 Å². The summed E-state index contributed by atoms with van der Waals surface area (Å²) < 4.78 is 28.9. The number of aromatic nitrogens is 4. The van der Waals surface area contributed by atoms with E-state index in [1.165, 1.54) is 12.1 Å². The maximum absolute atomic E-state index is 13.5. The molecule has 38 heavy (non-hydrogen) atoms. The van der Waals surface area contributed by atoms with Gasteiger partial charge in [0, 0.05) is 63.0 Å². The lowest BCUT2D eigenvalue weighted by Gasteiger charge is -2.34. The number of anilines is 2. The topological polar surface area (TPSA) is 79.2 Å². The molecular formula is C28H29F2N7O. The monoisotopic (exact) mass is 517 g/mol. The molecule has 8 nitrogen and oxygen atoms in total. The Balaban J connectivity index is 1.19. The average Bonchev–Trinajstić information content (AvgIpc) is 3.28. The number of piperazine rings is 1. The Morgan fingerprint density at radius 3 is 2.58 bits per heavy atom. The summed E-state index contributed by atoms with van der Waals surface area (Å²) in [5, 5.41) is 3.01. The van der Waals surface area contributed by atoms with Crippen LogP contribution in [0.2, 0.25) is 0 Å². The number of rotatable bonds is 6. The fourth-order valence-electron chi connectivity index (χ4n) is 5.42. The SMILES string of the molecule is O=C(Nc1ccncc1)c1c2n(c3cnc(N4CCN(CCc5ccc(F)c(F)c5)CC4)nc13)CCCC2. The predicted octanol–water partition coefficient (Wildman–Crippen LogP) is 4.06. The summed E-state index contributed by atoms with van der Waals surface area (Å²) in [6.45, 7) is 4.74. The minimum absolute atomic E-state index is 0.163. The molecule has 0 atom stereocenters. The van der Waals surface area contributed by atoms with Gasteiger partial charge in [-0.3, -0.25) is 14.7 Å². The van der Waals surface area contributed by atoms with E-state index in [9.17, 15) is 13.6 Å². The van der Waals surface area contributed by atoms with E-state index >= 15 is 0 Å². The molecule has 0 aliphatic carbocycles. The van der Waals surface area contributed by atoms with Crippen molar-refractivity contribution in [2.24, 2.45) is 0 Å². The van der Waals surface area contributed by atoms with E-state index in [1.807, 2.05) is 6.20 Å². The molecule has 1 aromatic carbocycles. The molecule has 196 valence electrons. The number of hydrogen-bond acceptors (Lipinski definition) is 6. The van der Waals surface area contributed by atoms with Crippen molar-refractivity contribution in [2.45, 2.75) is 32.2 Å². The molecule has 4 aromatic rings. The van der Waals surface area contributed by atoms with Crippen molar-refractivity contribution < 1.29 is 13.6 Å². The van der Waals surface area contributed by atoms with Gasteiger partial charge in [-0.2, -0.15) is 0 Å². The Labute approximate surface area is 219 Å². The minimum Gasteiger partial charge on any atom is -0.341 e. The number of pyridine rings is 1. The van der Waals surface area contributed by atoms with Crippen molar-refractivity contribution in [2.75, 3.05) is 42.9 Å². The molecule has 0 radical (unpaired) electrons. The van der Waals surface area contributed by atoms with Gasteiger partial charge in [0.2, 0.25) is 5.95 Å². The highest BCUT2D eigenvalue weighted by Gasteiger charge is 2.27. The third-order valence-electron chi connectivity index (χ3n) is 7.47. The van der Waals surface area contributed by atoms with Crippen LogP contribution in [-0.2, 0) is 19.4 Å². The van der Waals surface area contributed by atoms with E-state index in [1.54, 1.807) is 30.6 Å². The number of carbonyl (C=O) groups excluding carboxylic acids is 1. The van der Waals surface area contributed by atoms with Crippen LogP contribution in [-0.4, -0.2) is 63.0 Å². The van der Waals surface area contributed by atoms with Crippen LogP contribution in [0.15, 0.2) is 48.9 Å². The number of nitrogens with one attached hydrogen (secondary N) is 1. The minimum atomic E-state index is -0.818. The molecule has 1 fully saturated rings. The lowest BCUT2D eigenvalue weighted by molar-refractivity contribution is 0.102. The molecule has 1 saturated heterocycles. The summed E-state index contributed by atoms with van der Waals surface area (Å²) in [6, 6.07) is 7.64. The maximum Gasteiger partial charge on any atom is 0.259 e. The van der Waals surface area contributed by atoms with E-state index in [2.05, 4.69) is 24.7 Å². The molecule has 0 bridgehead atoms. The number of carbonyl (C=O) groups is 1. The third kappa shape index (κ3) is 4.83. The maximum atomic E-state index is 13.5. The summed E-state index contributed by atoms with van der Waals surface area (Å²) >= 11 is 0. The van der Waals surface area contributed by atoms with Crippen LogP contribution in [0.25, 0.3) is 11.0 Å². The van der Waals surface area contributed by atoms with E-state index in [4.69, 9.17) is 9.97 Å². The molecule has 2 aliphatic rings. The number of nitrogens with zero attached hydrogens (tertiary/aromatic N) is 6.